The lowest BCUT2D eigenvalue weighted by molar-refractivity contribution is -0.140. The number of alkyl carbamates (subject to hydrolysis) is 1. The van der Waals surface area contributed by atoms with Crippen LogP contribution < -0.4 is 20.1 Å². The first-order chi connectivity index (χ1) is 28.2. The normalized spacial score (nSPS) is 23.4. The Morgan fingerprint density at radius 1 is 1.07 bits per heavy atom. The highest BCUT2D eigenvalue weighted by Gasteiger charge is 2.51. The molecule has 4 amide bonds. The van der Waals surface area contributed by atoms with Crippen LogP contribution >= 0.6 is 11.3 Å². The number of ether oxygens (including phenoxy) is 2. The molecule has 4 heterocycles. The van der Waals surface area contributed by atoms with Crippen molar-refractivity contribution in [3.05, 3.63) is 40.9 Å². The second kappa shape index (κ2) is 17.8. The standard InChI is InChI=1S/C43H61N7O8S2/c1-25(2)34-27(5)59-38(46-34)30-17-15-19-32-35(30)47-40(50(32)26(3)4)57-29-22-33-37(52)44-23-28(36(51)48-60(55,56)43(9)20-21-43)16-13-11-10-12-14-18-31(39(53)49(33)24-29)45-41(54)58-42(6,7)8/h13,15-17,19,25-26,28-29,31,33H,10-12,14,18,20-24H2,1-9H3,(H,44,52)(H,45,54)(H,48,51)/b16-13-/t28-,29-,31+,33+/m1/s1. The fourth-order valence-corrected chi connectivity index (χ4v) is 10.1. The number of hydrogen-bond donors (Lipinski definition) is 3. The number of benzene rings is 1. The summed E-state index contributed by atoms with van der Waals surface area (Å²) in [4.78, 5) is 67.9. The molecule has 3 aliphatic rings. The number of imidazole rings is 1. The Bertz CT molecular complexity index is 2240. The van der Waals surface area contributed by atoms with Gasteiger partial charge in [0.2, 0.25) is 27.7 Å². The van der Waals surface area contributed by atoms with Crippen molar-refractivity contribution in [1.82, 2.24) is 34.8 Å². The third-order valence-corrected chi connectivity index (χ3v) is 14.5. The summed E-state index contributed by atoms with van der Waals surface area (Å²) in [6, 6.07) is 4.21. The van der Waals surface area contributed by atoms with Crippen LogP contribution in [0.4, 0.5) is 4.79 Å². The second-order valence-corrected chi connectivity index (χ2v) is 21.6. The first-order valence-corrected chi connectivity index (χ1v) is 23.4. The summed E-state index contributed by atoms with van der Waals surface area (Å²) in [5.41, 5.74) is 2.71. The minimum absolute atomic E-state index is 0.0155. The van der Waals surface area contributed by atoms with Crippen LogP contribution in [-0.2, 0) is 29.1 Å². The minimum Gasteiger partial charge on any atom is -0.459 e. The van der Waals surface area contributed by atoms with Gasteiger partial charge in [-0.15, -0.1) is 11.3 Å². The molecule has 60 heavy (non-hydrogen) atoms. The molecule has 328 valence electrons. The molecule has 2 aliphatic heterocycles. The lowest BCUT2D eigenvalue weighted by atomic mass is 10.0. The number of amides is 4. The SMILES string of the molecule is Cc1sc(-c2cccc3c2nc(O[C@@H]2C[C@H]4C(=O)NC[C@H](C(=O)NS(=O)(=O)C5(C)CC5)/C=C\CCCCC[C@H](NC(=O)OC(C)(C)C)C(=O)N4C2)n3C(C)C)nc1C(C)C. The van der Waals surface area contributed by atoms with Crippen molar-refractivity contribution in [2.45, 2.75) is 154 Å². The van der Waals surface area contributed by atoms with Crippen LogP contribution in [-0.4, -0.2) is 93.3 Å². The van der Waals surface area contributed by atoms with Crippen LogP contribution in [0.15, 0.2) is 30.4 Å². The number of sulfonamides is 1. The molecule has 3 N–H and O–H groups in total. The summed E-state index contributed by atoms with van der Waals surface area (Å²) in [5.74, 6) is -2.44. The summed E-state index contributed by atoms with van der Waals surface area (Å²) >= 11 is 1.62. The predicted octanol–water partition coefficient (Wildman–Crippen LogP) is 6.67. The smallest absolute Gasteiger partial charge is 0.408 e. The molecule has 2 fully saturated rings. The highest BCUT2D eigenvalue weighted by Crippen LogP contribution is 2.42. The van der Waals surface area contributed by atoms with E-state index in [2.05, 4.69) is 36.1 Å². The maximum atomic E-state index is 14.6. The van der Waals surface area contributed by atoms with Gasteiger partial charge in [-0.05, 0) is 98.6 Å². The maximum Gasteiger partial charge on any atom is 0.408 e. The molecular weight excluding hydrogens is 807 g/mol. The summed E-state index contributed by atoms with van der Waals surface area (Å²) in [6.45, 7) is 17.0. The Morgan fingerprint density at radius 3 is 2.45 bits per heavy atom. The number of allylic oxidation sites excluding steroid dienone is 1. The van der Waals surface area contributed by atoms with E-state index in [0.29, 0.717) is 44.5 Å². The molecule has 0 unspecified atom stereocenters. The highest BCUT2D eigenvalue weighted by molar-refractivity contribution is 7.91. The molecule has 1 saturated carbocycles. The van der Waals surface area contributed by atoms with Crippen LogP contribution in [0.5, 0.6) is 6.01 Å². The number of para-hydroxylation sites is 1. The van der Waals surface area contributed by atoms with Crippen LogP contribution in [0.3, 0.4) is 0 Å². The van der Waals surface area contributed by atoms with Crippen LogP contribution in [0.2, 0.25) is 0 Å². The number of carbonyl (C=O) groups is 4. The molecule has 3 aromatic rings. The van der Waals surface area contributed by atoms with Crippen molar-refractivity contribution in [3.63, 3.8) is 0 Å². The highest BCUT2D eigenvalue weighted by atomic mass is 32.2. The Morgan fingerprint density at radius 2 is 1.80 bits per heavy atom. The van der Waals surface area contributed by atoms with E-state index in [4.69, 9.17) is 19.4 Å². The quantitative estimate of drug-likeness (QED) is 0.196. The van der Waals surface area contributed by atoms with Crippen molar-refractivity contribution >= 4 is 56.2 Å². The van der Waals surface area contributed by atoms with Gasteiger partial charge in [0, 0.05) is 29.4 Å². The number of rotatable bonds is 9. The largest absolute Gasteiger partial charge is 0.459 e. The molecule has 2 aromatic heterocycles. The zero-order chi connectivity index (χ0) is 43.7. The first kappa shape index (κ1) is 45.0. The lowest BCUT2D eigenvalue weighted by Gasteiger charge is -2.29. The van der Waals surface area contributed by atoms with Gasteiger partial charge in [0.25, 0.3) is 6.01 Å². The van der Waals surface area contributed by atoms with Gasteiger partial charge < -0.3 is 25.0 Å². The summed E-state index contributed by atoms with van der Waals surface area (Å²) in [6.07, 6.45) is 5.98. The van der Waals surface area contributed by atoms with Gasteiger partial charge in [0.1, 0.15) is 34.3 Å². The average Bonchev–Trinajstić information content (AvgIpc) is 3.45. The molecule has 15 nitrogen and oxygen atoms in total. The van der Waals surface area contributed by atoms with Crippen molar-refractivity contribution in [2.75, 3.05) is 13.1 Å². The number of aromatic nitrogens is 3. The number of nitrogens with one attached hydrogen (secondary N) is 3. The Hall–Kier alpha value is -4.51. The Labute approximate surface area is 357 Å². The van der Waals surface area contributed by atoms with Gasteiger partial charge in [-0.25, -0.2) is 18.2 Å². The summed E-state index contributed by atoms with van der Waals surface area (Å²) < 4.78 is 41.5. The molecule has 0 bridgehead atoms. The van der Waals surface area contributed by atoms with E-state index >= 15 is 0 Å². The summed E-state index contributed by atoms with van der Waals surface area (Å²) in [5, 5.41) is 6.48. The van der Waals surface area contributed by atoms with Crippen molar-refractivity contribution in [1.29, 1.82) is 0 Å². The van der Waals surface area contributed by atoms with Crippen molar-refractivity contribution in [3.8, 4) is 16.6 Å². The second-order valence-electron chi connectivity index (χ2n) is 18.2. The number of hydrogen-bond acceptors (Lipinski definition) is 11. The topological polar surface area (TPSA) is 191 Å². The molecule has 1 saturated heterocycles. The van der Waals surface area contributed by atoms with Gasteiger partial charge in [-0.3, -0.25) is 23.7 Å². The zero-order valence-corrected chi connectivity index (χ0v) is 37.9. The van der Waals surface area contributed by atoms with Crippen molar-refractivity contribution in [2.24, 2.45) is 5.92 Å². The van der Waals surface area contributed by atoms with Gasteiger partial charge in [-0.2, -0.15) is 4.98 Å². The van der Waals surface area contributed by atoms with E-state index in [1.54, 1.807) is 45.1 Å². The van der Waals surface area contributed by atoms with E-state index in [0.717, 1.165) is 38.6 Å². The number of nitrogens with zero attached hydrogens (tertiary/aromatic N) is 4. The third-order valence-electron chi connectivity index (χ3n) is 11.3. The molecule has 6 rings (SSSR count). The van der Waals surface area contributed by atoms with Crippen molar-refractivity contribution < 1.29 is 37.1 Å². The number of carbonyl (C=O) groups excluding carboxylic acids is 4. The van der Waals surface area contributed by atoms with Gasteiger partial charge in [0.05, 0.1) is 28.4 Å². The van der Waals surface area contributed by atoms with Gasteiger partial charge in [0.15, 0.2) is 0 Å². The fraction of sp³-hybridized carbons (Fsp3) is 0.628. The number of aryl methyl sites for hydroxylation is 1. The van der Waals surface area contributed by atoms with E-state index in [9.17, 15) is 27.6 Å². The molecule has 0 spiro atoms. The molecule has 4 atom stereocenters. The first-order valence-electron chi connectivity index (χ1n) is 21.1. The van der Waals surface area contributed by atoms with E-state index in [1.165, 1.54) is 4.90 Å². The number of thiazole rings is 1. The average molecular weight is 868 g/mol. The molecule has 17 heteroatoms. The molecule has 0 radical (unpaired) electrons. The van der Waals surface area contributed by atoms with Crippen LogP contribution in [0, 0.1) is 12.8 Å². The molecular formula is C43H61N7O8S2. The Balaban J connectivity index is 1.31. The van der Waals surface area contributed by atoms with E-state index in [-0.39, 0.29) is 31.5 Å². The minimum atomic E-state index is -3.91. The molecule has 1 aromatic carbocycles. The van der Waals surface area contributed by atoms with E-state index in [1.807, 2.05) is 42.7 Å². The van der Waals surface area contributed by atoms with E-state index < -0.39 is 68.3 Å². The predicted molar refractivity (Wildman–Crippen MR) is 231 cm³/mol. The van der Waals surface area contributed by atoms with Crippen LogP contribution in [0.25, 0.3) is 21.6 Å². The third kappa shape index (κ3) is 10.2. The van der Waals surface area contributed by atoms with Gasteiger partial charge in [-0.1, -0.05) is 44.9 Å². The zero-order valence-electron chi connectivity index (χ0n) is 36.3. The lowest BCUT2D eigenvalue weighted by Crippen LogP contribution is -2.54. The van der Waals surface area contributed by atoms with Gasteiger partial charge >= 0.3 is 6.09 Å². The number of fused-ring (bicyclic) bond motifs is 2. The fourth-order valence-electron chi connectivity index (χ4n) is 7.74. The monoisotopic (exact) mass is 867 g/mol. The maximum absolute atomic E-state index is 14.6. The van der Waals surface area contributed by atoms with Crippen LogP contribution in [0.1, 0.15) is 129 Å². The molecule has 1 aliphatic carbocycles. The Kier molecular flexibility index (Phi) is 13.4. The summed E-state index contributed by atoms with van der Waals surface area (Å²) in [7, 11) is -3.91.